The fraction of sp³-hybridized carbons (Fsp3) is 0.154. The third-order valence-corrected chi connectivity index (χ3v) is 4.36. The van der Waals surface area contributed by atoms with Crippen LogP contribution in [0.25, 0.3) is 0 Å². The molecule has 0 atom stereocenters. The molecule has 0 unspecified atom stereocenters. The van der Waals surface area contributed by atoms with Crippen LogP contribution in [-0.2, 0) is 10.0 Å². The van der Waals surface area contributed by atoms with Crippen LogP contribution in [0.15, 0.2) is 45.9 Å². The van der Waals surface area contributed by atoms with Gasteiger partial charge in [-0.3, -0.25) is 4.72 Å². The van der Waals surface area contributed by atoms with Gasteiger partial charge in [0.05, 0.1) is 5.69 Å². The van der Waals surface area contributed by atoms with Crippen molar-refractivity contribution in [1.29, 1.82) is 0 Å². The van der Waals surface area contributed by atoms with Crippen LogP contribution in [0.4, 0.5) is 15.9 Å². The lowest BCUT2D eigenvalue weighted by molar-refractivity contribution is 0.601. The predicted molar refractivity (Wildman–Crippen MR) is 83.3 cm³/mol. The Hall–Kier alpha value is -1.67. The van der Waals surface area contributed by atoms with Crippen LogP contribution in [-0.4, -0.2) is 19.9 Å². The van der Waals surface area contributed by atoms with Gasteiger partial charge in [0, 0.05) is 17.2 Å². The molecule has 0 saturated carbocycles. The van der Waals surface area contributed by atoms with Crippen LogP contribution >= 0.6 is 15.9 Å². The van der Waals surface area contributed by atoms with Crippen LogP contribution in [0.5, 0.6) is 0 Å². The van der Waals surface area contributed by atoms with E-state index in [2.05, 4.69) is 31.0 Å². The number of sulfonamides is 1. The van der Waals surface area contributed by atoms with E-state index in [4.69, 9.17) is 0 Å². The molecule has 0 bridgehead atoms. The van der Waals surface area contributed by atoms with Gasteiger partial charge in [-0.25, -0.2) is 17.8 Å². The maximum atomic E-state index is 13.1. The van der Waals surface area contributed by atoms with Gasteiger partial charge in [0.25, 0.3) is 10.0 Å². The average Bonchev–Trinajstić information content (AvgIpc) is 2.40. The summed E-state index contributed by atoms with van der Waals surface area (Å²) in [5, 5.41) is 2.88. The Bertz CT molecular complexity index is 753. The van der Waals surface area contributed by atoms with Gasteiger partial charge in [-0.1, -0.05) is 6.07 Å². The van der Waals surface area contributed by atoms with Crippen molar-refractivity contribution < 1.29 is 12.8 Å². The minimum atomic E-state index is -3.88. The van der Waals surface area contributed by atoms with E-state index in [9.17, 15) is 12.8 Å². The van der Waals surface area contributed by atoms with Gasteiger partial charge in [-0.15, -0.1) is 0 Å². The van der Waals surface area contributed by atoms with Crippen molar-refractivity contribution in [2.45, 2.75) is 11.8 Å². The normalized spacial score (nSPS) is 11.2. The first-order valence-corrected chi connectivity index (χ1v) is 8.38. The molecule has 21 heavy (non-hydrogen) atoms. The van der Waals surface area contributed by atoms with Gasteiger partial charge in [0.2, 0.25) is 0 Å². The monoisotopic (exact) mass is 373 g/mol. The molecule has 1 aromatic carbocycles. The van der Waals surface area contributed by atoms with Gasteiger partial charge in [0.1, 0.15) is 16.5 Å². The highest BCUT2D eigenvalue weighted by Gasteiger charge is 2.20. The number of aromatic nitrogens is 1. The van der Waals surface area contributed by atoms with Crippen LogP contribution in [0.3, 0.4) is 0 Å². The minimum absolute atomic E-state index is 0.0111. The molecule has 0 amide bonds. The molecule has 0 aliphatic rings. The number of halogens is 2. The number of benzene rings is 1. The largest absolute Gasteiger partial charge is 0.369 e. The number of nitrogens with one attached hydrogen (secondary N) is 2. The summed E-state index contributed by atoms with van der Waals surface area (Å²) in [7, 11) is -3.88. The Labute approximate surface area is 130 Å². The van der Waals surface area contributed by atoms with Crippen molar-refractivity contribution in [3.8, 4) is 0 Å². The fourth-order valence-electron chi connectivity index (χ4n) is 1.69. The van der Waals surface area contributed by atoms with Crippen molar-refractivity contribution in [2.24, 2.45) is 0 Å². The zero-order chi connectivity index (χ0) is 15.5. The van der Waals surface area contributed by atoms with Crippen LogP contribution in [0, 0.1) is 5.82 Å². The molecule has 0 radical (unpaired) electrons. The number of pyridine rings is 1. The summed E-state index contributed by atoms with van der Waals surface area (Å²) in [5.41, 5.74) is 0.150. The molecule has 5 nitrogen and oxygen atoms in total. The second-order valence-corrected chi connectivity index (χ2v) is 6.71. The summed E-state index contributed by atoms with van der Waals surface area (Å²) in [5.74, 6) is -0.279. The van der Waals surface area contributed by atoms with Crippen molar-refractivity contribution in [2.75, 3.05) is 16.6 Å². The summed E-state index contributed by atoms with van der Waals surface area (Å²) >= 11 is 3.19. The van der Waals surface area contributed by atoms with E-state index in [-0.39, 0.29) is 16.4 Å². The molecule has 0 fully saturated rings. The van der Waals surface area contributed by atoms with Crippen LogP contribution < -0.4 is 10.0 Å². The molecule has 2 aromatic rings. The molecule has 1 aromatic heterocycles. The van der Waals surface area contributed by atoms with E-state index in [0.717, 1.165) is 6.07 Å². The highest BCUT2D eigenvalue weighted by atomic mass is 79.9. The third-order valence-electron chi connectivity index (χ3n) is 2.53. The fourth-order valence-corrected chi connectivity index (χ4v) is 3.38. The highest BCUT2D eigenvalue weighted by molar-refractivity contribution is 9.10. The summed E-state index contributed by atoms with van der Waals surface area (Å²) in [4.78, 5) is 4.03. The quantitative estimate of drug-likeness (QED) is 0.843. The zero-order valence-electron chi connectivity index (χ0n) is 11.1. The molecule has 8 heteroatoms. The number of rotatable bonds is 5. The van der Waals surface area contributed by atoms with Crippen LogP contribution in [0.1, 0.15) is 6.92 Å². The van der Waals surface area contributed by atoms with E-state index in [1.54, 1.807) is 0 Å². The topological polar surface area (TPSA) is 71.1 Å². The molecular weight excluding hydrogens is 361 g/mol. The smallest absolute Gasteiger partial charge is 0.265 e. The molecule has 1 heterocycles. The standard InChI is InChI=1S/C13H13BrFN3O2S/c1-2-16-13-12(6-9(14)8-17-13)21(19,20)18-11-5-3-4-10(15)7-11/h3-8,18H,2H2,1H3,(H,16,17). The van der Waals surface area contributed by atoms with Gasteiger partial charge in [0.15, 0.2) is 0 Å². The van der Waals surface area contributed by atoms with E-state index in [0.29, 0.717) is 11.0 Å². The number of anilines is 2. The molecule has 0 aliphatic heterocycles. The van der Waals surface area contributed by atoms with Crippen molar-refractivity contribution in [1.82, 2.24) is 4.98 Å². The lowest BCUT2D eigenvalue weighted by Crippen LogP contribution is -2.16. The molecule has 2 N–H and O–H groups in total. The minimum Gasteiger partial charge on any atom is -0.369 e. The van der Waals surface area contributed by atoms with Gasteiger partial charge in [-0.2, -0.15) is 0 Å². The summed E-state index contributed by atoms with van der Waals surface area (Å²) < 4.78 is 40.9. The lowest BCUT2D eigenvalue weighted by atomic mass is 10.3. The van der Waals surface area contributed by atoms with E-state index < -0.39 is 15.8 Å². The zero-order valence-corrected chi connectivity index (χ0v) is 13.5. The molecule has 0 saturated heterocycles. The highest BCUT2D eigenvalue weighted by Crippen LogP contribution is 2.25. The predicted octanol–water partition coefficient (Wildman–Crippen LogP) is 3.22. The third kappa shape index (κ3) is 3.92. The molecule has 112 valence electrons. The average molecular weight is 374 g/mol. The van der Waals surface area contributed by atoms with Gasteiger partial charge < -0.3 is 5.32 Å². The summed E-state index contributed by atoms with van der Waals surface area (Å²) in [6, 6.07) is 6.68. The molecule has 0 spiro atoms. The van der Waals surface area contributed by atoms with Gasteiger partial charge >= 0.3 is 0 Å². The van der Waals surface area contributed by atoms with E-state index in [1.165, 1.54) is 30.5 Å². The Morgan fingerprint density at radius 2 is 2.10 bits per heavy atom. The lowest BCUT2D eigenvalue weighted by Gasteiger charge is -2.12. The molecular formula is C13H13BrFN3O2S. The number of hydrogen-bond donors (Lipinski definition) is 2. The van der Waals surface area contributed by atoms with Crippen LogP contribution in [0.2, 0.25) is 0 Å². The van der Waals surface area contributed by atoms with Crippen molar-refractivity contribution in [3.05, 3.63) is 46.8 Å². The Balaban J connectivity index is 2.41. The van der Waals surface area contributed by atoms with Gasteiger partial charge in [-0.05, 0) is 47.1 Å². The second kappa shape index (κ2) is 6.40. The Kier molecular flexibility index (Phi) is 4.79. The number of nitrogens with zero attached hydrogens (tertiary/aromatic N) is 1. The SMILES string of the molecule is CCNc1ncc(Br)cc1S(=O)(=O)Nc1cccc(F)c1. The maximum Gasteiger partial charge on any atom is 0.265 e. The Morgan fingerprint density at radius 1 is 1.33 bits per heavy atom. The molecule has 2 rings (SSSR count). The van der Waals surface area contributed by atoms with E-state index in [1.807, 2.05) is 6.92 Å². The van der Waals surface area contributed by atoms with E-state index >= 15 is 0 Å². The Morgan fingerprint density at radius 3 is 2.76 bits per heavy atom. The first kappa shape index (κ1) is 15.7. The summed E-state index contributed by atoms with van der Waals surface area (Å²) in [6.07, 6.45) is 1.50. The first-order valence-electron chi connectivity index (χ1n) is 6.10. The first-order chi connectivity index (χ1) is 9.92. The molecule has 0 aliphatic carbocycles. The summed E-state index contributed by atoms with van der Waals surface area (Å²) in [6.45, 7) is 2.36. The maximum absolute atomic E-state index is 13.1. The second-order valence-electron chi connectivity index (χ2n) is 4.15. The van der Waals surface area contributed by atoms with Crippen molar-refractivity contribution >= 4 is 37.5 Å². The van der Waals surface area contributed by atoms with Crippen molar-refractivity contribution in [3.63, 3.8) is 0 Å². The number of hydrogen-bond acceptors (Lipinski definition) is 4.